The number of ether oxygens (including phenoxy) is 1. The largest absolute Gasteiger partial charge is 0.444 e. The second-order valence-corrected chi connectivity index (χ2v) is 8.38. The van der Waals surface area contributed by atoms with Crippen molar-refractivity contribution >= 4 is 41.2 Å². The summed E-state index contributed by atoms with van der Waals surface area (Å²) in [5.74, 6) is 0. The summed E-state index contributed by atoms with van der Waals surface area (Å²) in [6.45, 7) is 17.0. The summed E-state index contributed by atoms with van der Waals surface area (Å²) in [4.78, 5) is 31.9. The maximum atomic E-state index is 11.9. The van der Waals surface area contributed by atoms with Crippen molar-refractivity contribution in [3.8, 4) is 0 Å². The van der Waals surface area contributed by atoms with Gasteiger partial charge in [0.1, 0.15) is 5.60 Å². The van der Waals surface area contributed by atoms with Gasteiger partial charge in [0, 0.05) is 37.2 Å². The van der Waals surface area contributed by atoms with E-state index in [9.17, 15) is 9.59 Å². The lowest BCUT2D eigenvalue weighted by molar-refractivity contribution is 0.0249. The van der Waals surface area contributed by atoms with E-state index < -0.39 is 5.60 Å². The van der Waals surface area contributed by atoms with Crippen molar-refractivity contribution in [2.75, 3.05) is 20.4 Å². The number of amides is 1. The molecule has 0 aliphatic heterocycles. The molecule has 0 aliphatic rings. The molecule has 1 aromatic heterocycles. The Morgan fingerprint density at radius 1 is 1.24 bits per heavy atom. The van der Waals surface area contributed by atoms with E-state index in [0.717, 1.165) is 12.6 Å². The fourth-order valence-corrected chi connectivity index (χ4v) is 2.60. The molecule has 0 bridgehead atoms. The third-order valence-corrected chi connectivity index (χ3v) is 4.33. The minimum absolute atomic E-state index is 0.00926. The van der Waals surface area contributed by atoms with Crippen LogP contribution in [0, 0.1) is 0 Å². The van der Waals surface area contributed by atoms with E-state index in [1.807, 2.05) is 78.3 Å². The van der Waals surface area contributed by atoms with Crippen LogP contribution in [0.3, 0.4) is 0 Å². The molecule has 33 heavy (non-hydrogen) atoms. The lowest BCUT2D eigenvalue weighted by atomic mass is 10.2. The van der Waals surface area contributed by atoms with Gasteiger partial charge in [0.05, 0.1) is 11.4 Å². The second kappa shape index (κ2) is 17.0. The number of aromatic nitrogens is 1. The zero-order valence-corrected chi connectivity index (χ0v) is 22.5. The molecule has 0 radical (unpaired) electrons. The zero-order valence-electron chi connectivity index (χ0n) is 21.7. The Hall–Kier alpha value is -2.58. The highest BCUT2D eigenvalue weighted by atomic mass is 32.2. The number of nitrogens with zero attached hydrogens (tertiary/aromatic N) is 2. The Morgan fingerprint density at radius 3 is 2.24 bits per heavy atom. The quantitative estimate of drug-likeness (QED) is 0.542. The molecule has 1 heterocycles. The normalized spacial score (nSPS) is 10.6. The summed E-state index contributed by atoms with van der Waals surface area (Å²) in [6.07, 6.45) is 1.67. The van der Waals surface area contributed by atoms with Crippen LogP contribution >= 0.6 is 11.8 Å². The van der Waals surface area contributed by atoms with Crippen molar-refractivity contribution in [3.63, 3.8) is 0 Å². The van der Waals surface area contributed by atoms with Gasteiger partial charge in [0.15, 0.2) is 5.43 Å². The van der Waals surface area contributed by atoms with E-state index in [2.05, 4.69) is 16.7 Å². The van der Waals surface area contributed by atoms with Crippen molar-refractivity contribution in [1.29, 1.82) is 0 Å². The number of H-pyrrole nitrogens is 1. The maximum Gasteiger partial charge on any atom is 0.410 e. The fourth-order valence-electron chi connectivity index (χ4n) is 2.18. The molecule has 0 spiro atoms. The Morgan fingerprint density at radius 2 is 1.79 bits per heavy atom. The summed E-state index contributed by atoms with van der Waals surface area (Å²) in [5.41, 5.74) is 1.77. The van der Waals surface area contributed by atoms with Crippen molar-refractivity contribution in [2.45, 2.75) is 60.1 Å². The van der Waals surface area contributed by atoms with E-state index in [0.29, 0.717) is 16.8 Å². The van der Waals surface area contributed by atoms with Crippen LogP contribution in [0.15, 0.2) is 45.5 Å². The first-order chi connectivity index (χ1) is 15.5. The number of carbonyl (C=O) groups excluding carboxylic acids is 1. The predicted octanol–water partition coefficient (Wildman–Crippen LogP) is 5.79. The van der Waals surface area contributed by atoms with Gasteiger partial charge in [-0.1, -0.05) is 26.0 Å². The molecule has 1 amide bonds. The van der Waals surface area contributed by atoms with Gasteiger partial charge < -0.3 is 19.7 Å². The van der Waals surface area contributed by atoms with Gasteiger partial charge in [-0.25, -0.2) is 4.79 Å². The van der Waals surface area contributed by atoms with Crippen LogP contribution in [0.25, 0.3) is 16.6 Å². The molecular formula is C25H41N3O4S. The Balaban J connectivity index is 0. The second-order valence-electron chi connectivity index (χ2n) is 7.67. The number of thioether (sulfide) groups is 1. The monoisotopic (exact) mass is 479 g/mol. The molecular weight excluding hydrogens is 438 g/mol. The number of para-hydroxylation sites is 1. The minimum atomic E-state index is -0.403. The highest BCUT2D eigenvalue weighted by Crippen LogP contribution is 2.17. The highest BCUT2D eigenvalue weighted by Gasteiger charge is 2.20. The molecule has 1 aromatic carbocycles. The summed E-state index contributed by atoms with van der Waals surface area (Å²) in [6, 6.07) is 9.15. The highest BCUT2D eigenvalue weighted by molar-refractivity contribution is 8.01. The molecule has 2 N–H and O–H groups in total. The molecule has 186 valence electrons. The molecule has 0 aliphatic carbocycles. The van der Waals surface area contributed by atoms with E-state index in [1.165, 1.54) is 11.8 Å². The average molecular weight is 480 g/mol. The molecule has 0 saturated carbocycles. The van der Waals surface area contributed by atoms with Crippen molar-refractivity contribution in [1.82, 2.24) is 9.88 Å². The number of pyridine rings is 1. The lowest BCUT2D eigenvalue weighted by Crippen LogP contribution is -2.38. The third kappa shape index (κ3) is 12.3. The van der Waals surface area contributed by atoms with E-state index >= 15 is 0 Å². The standard InChI is InChI=1S/C13H12N2OS.C9H19NO2.C2H6.CH4O/c1-14-12(8-17-2)11-7-13(16)9-5-3-4-6-10(9)15-11;1-7(2)10(6)8(11)12-9(3,4)5;2*1-2/h3-8H,1H2,2H3,(H,15,16);7H,1-6H3;1-2H3;2H,1H3/b12-8-;;;. The van der Waals surface area contributed by atoms with Gasteiger partial charge >= 0.3 is 6.09 Å². The molecule has 2 rings (SSSR count). The van der Waals surface area contributed by atoms with E-state index in [-0.39, 0.29) is 17.6 Å². The SMILES string of the molecule is C=N/C(=C\SC)c1cc(=O)c2ccccc2[nH]1.CC.CC(C)N(C)C(=O)OC(C)(C)C.CO. The third-order valence-electron chi connectivity index (χ3n) is 3.87. The molecule has 2 aromatic rings. The number of rotatable bonds is 4. The van der Waals surface area contributed by atoms with Gasteiger partial charge in [-0.05, 0) is 65.1 Å². The molecule has 8 heteroatoms. The van der Waals surface area contributed by atoms with Crippen LogP contribution < -0.4 is 5.43 Å². The number of aliphatic hydroxyl groups excluding tert-OH is 1. The Kier molecular flexibility index (Phi) is 16.8. The van der Waals surface area contributed by atoms with Crippen molar-refractivity contribution < 1.29 is 14.6 Å². The summed E-state index contributed by atoms with van der Waals surface area (Å²) in [5, 5.41) is 9.54. The van der Waals surface area contributed by atoms with Gasteiger partial charge in [-0.15, -0.1) is 11.8 Å². The number of hydrogen-bond acceptors (Lipinski definition) is 6. The molecule has 0 fully saturated rings. The molecule has 0 atom stereocenters. The van der Waals surface area contributed by atoms with Gasteiger partial charge in [0.25, 0.3) is 0 Å². The Bertz CT molecular complexity index is 931. The summed E-state index contributed by atoms with van der Waals surface area (Å²) < 4.78 is 5.15. The number of fused-ring (bicyclic) bond motifs is 1. The number of aliphatic hydroxyl groups is 1. The minimum Gasteiger partial charge on any atom is -0.444 e. The Labute approximate surface area is 203 Å². The van der Waals surface area contributed by atoms with Crippen molar-refractivity contribution in [2.24, 2.45) is 4.99 Å². The number of carbonyl (C=O) groups is 1. The lowest BCUT2D eigenvalue weighted by Gasteiger charge is -2.26. The summed E-state index contributed by atoms with van der Waals surface area (Å²) in [7, 11) is 2.73. The van der Waals surface area contributed by atoms with Crippen LogP contribution in [0.2, 0.25) is 0 Å². The smallest absolute Gasteiger partial charge is 0.410 e. The van der Waals surface area contributed by atoms with Crippen LogP contribution in [-0.4, -0.2) is 59.9 Å². The van der Waals surface area contributed by atoms with Gasteiger partial charge in [-0.2, -0.15) is 0 Å². The topological polar surface area (TPSA) is 95.0 Å². The summed E-state index contributed by atoms with van der Waals surface area (Å²) >= 11 is 1.52. The van der Waals surface area contributed by atoms with Crippen LogP contribution in [0.4, 0.5) is 4.79 Å². The molecule has 0 saturated heterocycles. The number of aliphatic imine (C=N–C) groups is 1. The van der Waals surface area contributed by atoms with Crippen LogP contribution in [0.5, 0.6) is 0 Å². The molecule has 7 nitrogen and oxygen atoms in total. The predicted molar refractivity (Wildman–Crippen MR) is 144 cm³/mol. The fraction of sp³-hybridized carbons (Fsp3) is 0.480. The first kappa shape index (κ1) is 32.6. The molecule has 0 unspecified atom stereocenters. The number of nitrogens with one attached hydrogen (secondary N) is 1. The number of aromatic amines is 1. The maximum absolute atomic E-state index is 11.9. The average Bonchev–Trinajstić information content (AvgIpc) is 2.78. The zero-order chi connectivity index (χ0) is 26.2. The van der Waals surface area contributed by atoms with Gasteiger partial charge in [-0.3, -0.25) is 9.79 Å². The number of hydrogen-bond donors (Lipinski definition) is 2. The van der Waals surface area contributed by atoms with Crippen LogP contribution in [-0.2, 0) is 4.74 Å². The van der Waals surface area contributed by atoms with Crippen LogP contribution in [0.1, 0.15) is 54.2 Å². The van der Waals surface area contributed by atoms with E-state index in [4.69, 9.17) is 9.84 Å². The van der Waals surface area contributed by atoms with E-state index in [1.54, 1.807) is 24.1 Å². The first-order valence-corrected chi connectivity index (χ1v) is 12.0. The van der Waals surface area contributed by atoms with Gasteiger partial charge in [0.2, 0.25) is 0 Å². The van der Waals surface area contributed by atoms with Crippen molar-refractivity contribution in [3.05, 3.63) is 51.7 Å². The number of benzene rings is 1. The first-order valence-electron chi connectivity index (χ1n) is 10.7.